The van der Waals surface area contributed by atoms with Gasteiger partial charge in [0.2, 0.25) is 0 Å². The number of phosphoric ester groups is 1. The zero-order chi connectivity index (χ0) is 20.5. The van der Waals surface area contributed by atoms with Crippen molar-refractivity contribution in [1.82, 2.24) is 9.97 Å². The van der Waals surface area contributed by atoms with Gasteiger partial charge in [0.25, 0.3) is 0 Å². The Hall–Kier alpha value is -2.80. The van der Waals surface area contributed by atoms with Crippen LogP contribution in [0.15, 0.2) is 42.5 Å². The van der Waals surface area contributed by atoms with Gasteiger partial charge >= 0.3 is 7.82 Å². The van der Waals surface area contributed by atoms with Crippen LogP contribution in [0.2, 0.25) is 0 Å². The molecule has 0 saturated carbocycles. The van der Waals surface area contributed by atoms with Crippen molar-refractivity contribution in [2.75, 3.05) is 26.1 Å². The molecule has 0 spiro atoms. The third-order valence-corrected chi connectivity index (χ3v) is 4.63. The maximum absolute atomic E-state index is 11.1. The van der Waals surface area contributed by atoms with Gasteiger partial charge in [-0.2, -0.15) is 0 Å². The van der Waals surface area contributed by atoms with Crippen molar-refractivity contribution in [3.8, 4) is 34.1 Å². The maximum Gasteiger partial charge on any atom is 0.524 e. The van der Waals surface area contributed by atoms with Crippen molar-refractivity contribution < 1.29 is 23.6 Å². The predicted molar refractivity (Wildman–Crippen MR) is 108 cm³/mol. The summed E-state index contributed by atoms with van der Waals surface area (Å²) in [6, 6.07) is 12.8. The second-order valence-corrected chi connectivity index (χ2v) is 7.61. The Kier molecular flexibility index (Phi) is 5.47. The summed E-state index contributed by atoms with van der Waals surface area (Å²) in [5.41, 5.74) is 4.52. The first kappa shape index (κ1) is 19.9. The molecule has 8 nitrogen and oxygen atoms in total. The minimum Gasteiger partial charge on any atom is -0.493 e. The number of aryl methyl sites for hydroxylation is 1. The molecule has 0 aliphatic rings. The van der Waals surface area contributed by atoms with E-state index < -0.39 is 7.82 Å². The van der Waals surface area contributed by atoms with Gasteiger partial charge in [0, 0.05) is 36.6 Å². The van der Waals surface area contributed by atoms with Gasteiger partial charge < -0.3 is 19.1 Å². The molecule has 148 valence electrons. The Bertz CT molecular complexity index is 1020. The molecule has 0 aliphatic carbocycles. The number of aromatic amines is 1. The van der Waals surface area contributed by atoms with E-state index in [0.29, 0.717) is 11.4 Å². The molecule has 1 heterocycles. The highest BCUT2D eigenvalue weighted by molar-refractivity contribution is 7.46. The largest absolute Gasteiger partial charge is 0.524 e. The number of H-pyrrole nitrogens is 1. The summed E-state index contributed by atoms with van der Waals surface area (Å²) in [5.74, 6) is 0.777. The van der Waals surface area contributed by atoms with E-state index >= 15 is 0 Å². The van der Waals surface area contributed by atoms with Crippen LogP contribution in [-0.4, -0.2) is 41.0 Å². The minimum atomic E-state index is -4.68. The SMILES string of the molecule is COc1cc(-c2nc(-c3ccc(N(C)C)cc3)c(C)[nH]2)ccc1OP(=O)(O)O. The van der Waals surface area contributed by atoms with Gasteiger partial charge in [-0.25, -0.2) is 9.55 Å². The summed E-state index contributed by atoms with van der Waals surface area (Å²) in [5, 5.41) is 0. The first-order valence-corrected chi connectivity index (χ1v) is 9.99. The van der Waals surface area contributed by atoms with E-state index in [0.717, 1.165) is 22.6 Å². The van der Waals surface area contributed by atoms with Gasteiger partial charge in [-0.3, -0.25) is 9.79 Å². The van der Waals surface area contributed by atoms with E-state index in [1.165, 1.54) is 13.2 Å². The zero-order valence-electron chi connectivity index (χ0n) is 16.0. The van der Waals surface area contributed by atoms with E-state index in [-0.39, 0.29) is 11.5 Å². The summed E-state index contributed by atoms with van der Waals surface area (Å²) in [4.78, 5) is 28.0. The van der Waals surface area contributed by atoms with Crippen LogP contribution in [0.3, 0.4) is 0 Å². The topological polar surface area (TPSA) is 108 Å². The first-order chi connectivity index (χ1) is 13.2. The van der Waals surface area contributed by atoms with E-state index in [1.807, 2.05) is 50.2 Å². The lowest BCUT2D eigenvalue weighted by Gasteiger charge is -2.12. The van der Waals surface area contributed by atoms with Crippen molar-refractivity contribution in [3.05, 3.63) is 48.2 Å². The Balaban J connectivity index is 1.95. The molecule has 0 aliphatic heterocycles. The number of methoxy groups -OCH3 is 1. The van der Waals surface area contributed by atoms with E-state index in [9.17, 15) is 4.57 Å². The first-order valence-electron chi connectivity index (χ1n) is 8.46. The van der Waals surface area contributed by atoms with Crippen LogP contribution in [0.25, 0.3) is 22.6 Å². The Morgan fingerprint density at radius 3 is 2.25 bits per heavy atom. The number of hydrogen-bond donors (Lipinski definition) is 3. The number of nitrogens with zero attached hydrogens (tertiary/aromatic N) is 2. The standard InChI is InChI=1S/C19H22N3O5P/c1-12-18(13-5-8-15(9-6-13)22(2)3)21-19(20-12)14-7-10-16(17(11-14)26-4)27-28(23,24)25/h5-11H,1-4H3,(H,20,21)(H2,23,24,25). The fourth-order valence-corrected chi connectivity index (χ4v) is 3.22. The molecule has 3 aromatic rings. The third kappa shape index (κ3) is 4.36. The molecule has 9 heteroatoms. The van der Waals surface area contributed by atoms with E-state index in [4.69, 9.17) is 14.5 Å². The molecule has 0 atom stereocenters. The fourth-order valence-electron chi connectivity index (χ4n) is 2.81. The van der Waals surface area contributed by atoms with Crippen LogP contribution in [-0.2, 0) is 4.57 Å². The van der Waals surface area contributed by atoms with Gasteiger partial charge in [0.15, 0.2) is 11.5 Å². The molecule has 0 bridgehead atoms. The number of benzene rings is 2. The Labute approximate surface area is 163 Å². The van der Waals surface area contributed by atoms with Crippen LogP contribution in [0.4, 0.5) is 5.69 Å². The number of ether oxygens (including phenoxy) is 1. The summed E-state index contributed by atoms with van der Waals surface area (Å²) in [6.07, 6.45) is 0. The van der Waals surface area contributed by atoms with Crippen molar-refractivity contribution in [1.29, 1.82) is 0 Å². The minimum absolute atomic E-state index is 0.0395. The summed E-state index contributed by atoms with van der Waals surface area (Å²) >= 11 is 0. The van der Waals surface area contributed by atoms with Gasteiger partial charge in [-0.15, -0.1) is 0 Å². The number of imidazole rings is 1. The summed E-state index contributed by atoms with van der Waals surface area (Å²) in [6.45, 7) is 1.94. The second-order valence-electron chi connectivity index (χ2n) is 6.45. The van der Waals surface area contributed by atoms with Crippen molar-refractivity contribution in [2.45, 2.75) is 6.92 Å². The lowest BCUT2D eigenvalue weighted by molar-refractivity contribution is 0.276. The van der Waals surface area contributed by atoms with Crippen LogP contribution in [0.5, 0.6) is 11.5 Å². The highest BCUT2D eigenvalue weighted by atomic mass is 31.2. The molecular weight excluding hydrogens is 381 g/mol. The Morgan fingerprint density at radius 2 is 1.68 bits per heavy atom. The fraction of sp³-hybridized carbons (Fsp3) is 0.211. The van der Waals surface area contributed by atoms with Crippen molar-refractivity contribution in [2.24, 2.45) is 0 Å². The number of anilines is 1. The molecular formula is C19H22N3O5P. The lowest BCUT2D eigenvalue weighted by atomic mass is 10.1. The molecule has 0 fully saturated rings. The average molecular weight is 403 g/mol. The molecule has 1 aromatic heterocycles. The molecule has 0 radical (unpaired) electrons. The smallest absolute Gasteiger partial charge is 0.493 e. The van der Waals surface area contributed by atoms with Crippen molar-refractivity contribution >= 4 is 13.5 Å². The number of nitrogens with one attached hydrogen (secondary N) is 1. The van der Waals surface area contributed by atoms with Gasteiger partial charge in [0.1, 0.15) is 5.82 Å². The third-order valence-electron chi connectivity index (χ3n) is 4.20. The van der Waals surface area contributed by atoms with Crippen LogP contribution in [0.1, 0.15) is 5.69 Å². The maximum atomic E-state index is 11.1. The second kappa shape index (κ2) is 7.67. The van der Waals surface area contributed by atoms with Crippen LogP contribution >= 0.6 is 7.82 Å². The van der Waals surface area contributed by atoms with E-state index in [2.05, 4.69) is 14.5 Å². The average Bonchev–Trinajstić information content (AvgIpc) is 3.02. The monoisotopic (exact) mass is 403 g/mol. The lowest BCUT2D eigenvalue weighted by Crippen LogP contribution is -2.07. The van der Waals surface area contributed by atoms with Gasteiger partial charge in [-0.05, 0) is 37.3 Å². The molecule has 3 rings (SSSR count). The Morgan fingerprint density at radius 1 is 1.04 bits per heavy atom. The molecule has 0 saturated heterocycles. The highest BCUT2D eigenvalue weighted by Gasteiger charge is 2.20. The molecule has 0 unspecified atom stereocenters. The van der Waals surface area contributed by atoms with Crippen LogP contribution < -0.4 is 14.2 Å². The molecule has 28 heavy (non-hydrogen) atoms. The van der Waals surface area contributed by atoms with Crippen LogP contribution in [0, 0.1) is 6.92 Å². The number of phosphoric acid groups is 1. The predicted octanol–water partition coefficient (Wildman–Crippen LogP) is 3.60. The number of aromatic nitrogens is 2. The molecule has 0 amide bonds. The van der Waals surface area contributed by atoms with Gasteiger partial charge in [0.05, 0.1) is 12.8 Å². The van der Waals surface area contributed by atoms with Gasteiger partial charge in [-0.1, -0.05) is 12.1 Å². The number of rotatable bonds is 6. The van der Waals surface area contributed by atoms with Crippen molar-refractivity contribution in [3.63, 3.8) is 0 Å². The molecule has 3 N–H and O–H groups in total. The quantitative estimate of drug-likeness (QED) is 0.540. The summed E-state index contributed by atoms with van der Waals surface area (Å²) in [7, 11) is 0.695. The summed E-state index contributed by atoms with van der Waals surface area (Å²) < 4.78 is 20.9. The van der Waals surface area contributed by atoms with E-state index in [1.54, 1.807) is 12.1 Å². The zero-order valence-corrected chi connectivity index (χ0v) is 16.9. The normalized spacial score (nSPS) is 11.4. The molecule has 2 aromatic carbocycles. The number of hydrogen-bond acceptors (Lipinski definition) is 5. The highest BCUT2D eigenvalue weighted by Crippen LogP contribution is 2.43.